The molecule has 0 bridgehead atoms. The molecule has 2 aromatic carbocycles. The molecule has 0 aliphatic carbocycles. The van der Waals surface area contributed by atoms with Crippen LogP contribution in [0.3, 0.4) is 0 Å². The Balaban J connectivity index is 2.34. The molecule has 2 N–H and O–H groups in total. The second-order valence-electron chi connectivity index (χ2n) is 3.39. The van der Waals surface area contributed by atoms with E-state index in [1.54, 1.807) is 24.3 Å². The number of benzene rings is 2. The second-order valence-corrected chi connectivity index (χ2v) is 4.50. The maximum absolute atomic E-state index is 12.8. The van der Waals surface area contributed by atoms with Crippen LogP contribution in [0.25, 0.3) is 0 Å². The minimum atomic E-state index is -0.276. The van der Waals surface area contributed by atoms with E-state index in [0.29, 0.717) is 11.3 Å². The van der Waals surface area contributed by atoms with Gasteiger partial charge in [-0.05, 0) is 36.4 Å². The van der Waals surface area contributed by atoms with E-state index in [1.807, 2.05) is 6.07 Å². The lowest BCUT2D eigenvalue weighted by atomic mass is 10.2. The van der Waals surface area contributed by atoms with E-state index >= 15 is 0 Å². The van der Waals surface area contributed by atoms with Gasteiger partial charge >= 0.3 is 0 Å². The first-order valence-corrected chi connectivity index (χ1v) is 5.74. The lowest BCUT2D eigenvalue weighted by Gasteiger charge is -2.05. The fourth-order valence-electron chi connectivity index (χ4n) is 1.38. The average Bonchev–Trinajstić information content (AvgIpc) is 2.32. The van der Waals surface area contributed by atoms with Crippen molar-refractivity contribution in [1.29, 1.82) is 5.26 Å². The summed E-state index contributed by atoms with van der Waals surface area (Å²) in [6.07, 6.45) is 0. The molecular formula is C13H9FN2S. The van der Waals surface area contributed by atoms with Crippen LogP contribution >= 0.6 is 11.8 Å². The molecule has 2 aromatic rings. The predicted octanol–water partition coefficient (Wildman–Crippen LogP) is 3.43. The monoisotopic (exact) mass is 244 g/mol. The first-order chi connectivity index (χ1) is 8.20. The molecule has 0 amide bonds. The molecular weight excluding hydrogens is 235 g/mol. The summed E-state index contributed by atoms with van der Waals surface area (Å²) in [7, 11) is 0. The number of nitriles is 1. The quantitative estimate of drug-likeness (QED) is 0.823. The van der Waals surface area contributed by atoms with Gasteiger partial charge in [-0.2, -0.15) is 5.26 Å². The van der Waals surface area contributed by atoms with E-state index < -0.39 is 0 Å². The van der Waals surface area contributed by atoms with E-state index in [0.717, 1.165) is 9.79 Å². The van der Waals surface area contributed by atoms with Gasteiger partial charge in [0.1, 0.15) is 11.9 Å². The summed E-state index contributed by atoms with van der Waals surface area (Å²) in [6, 6.07) is 13.5. The van der Waals surface area contributed by atoms with Crippen LogP contribution in [0.2, 0.25) is 0 Å². The molecule has 2 nitrogen and oxygen atoms in total. The van der Waals surface area contributed by atoms with E-state index in [1.165, 1.54) is 23.9 Å². The number of nitrogen functional groups attached to an aromatic ring is 1. The zero-order valence-corrected chi connectivity index (χ0v) is 9.67. The molecule has 0 saturated heterocycles. The summed E-state index contributed by atoms with van der Waals surface area (Å²) in [5, 5.41) is 9.02. The molecule has 0 unspecified atom stereocenters. The zero-order valence-electron chi connectivity index (χ0n) is 8.85. The highest BCUT2D eigenvalue weighted by atomic mass is 32.2. The molecule has 0 fully saturated rings. The molecule has 2 rings (SSSR count). The molecule has 0 aliphatic rings. The van der Waals surface area contributed by atoms with Crippen LogP contribution in [-0.2, 0) is 0 Å². The van der Waals surface area contributed by atoms with Gasteiger partial charge in [0.25, 0.3) is 0 Å². The van der Waals surface area contributed by atoms with Crippen LogP contribution < -0.4 is 5.73 Å². The van der Waals surface area contributed by atoms with Crippen LogP contribution in [0.15, 0.2) is 52.3 Å². The zero-order chi connectivity index (χ0) is 12.3. The Morgan fingerprint density at radius 3 is 2.47 bits per heavy atom. The highest BCUT2D eigenvalue weighted by Gasteiger charge is 2.07. The van der Waals surface area contributed by atoms with Crippen molar-refractivity contribution in [2.24, 2.45) is 0 Å². The number of hydrogen-bond donors (Lipinski definition) is 1. The topological polar surface area (TPSA) is 49.8 Å². The van der Waals surface area contributed by atoms with Gasteiger partial charge in [0.05, 0.1) is 11.3 Å². The minimum Gasteiger partial charge on any atom is -0.398 e. The number of nitrogens with two attached hydrogens (primary N) is 1. The van der Waals surface area contributed by atoms with Crippen molar-refractivity contribution < 1.29 is 4.39 Å². The Kier molecular flexibility index (Phi) is 3.31. The summed E-state index contributed by atoms with van der Waals surface area (Å²) < 4.78 is 12.8. The normalized spacial score (nSPS) is 9.88. The number of rotatable bonds is 2. The van der Waals surface area contributed by atoms with Crippen molar-refractivity contribution in [3.05, 3.63) is 53.8 Å². The van der Waals surface area contributed by atoms with E-state index in [9.17, 15) is 4.39 Å². The molecule has 0 aromatic heterocycles. The van der Waals surface area contributed by atoms with Gasteiger partial charge in [0.2, 0.25) is 0 Å². The highest BCUT2D eigenvalue weighted by Crippen LogP contribution is 2.32. The van der Waals surface area contributed by atoms with Crippen molar-refractivity contribution in [3.8, 4) is 6.07 Å². The molecule has 0 heterocycles. The van der Waals surface area contributed by atoms with Crippen molar-refractivity contribution in [3.63, 3.8) is 0 Å². The Morgan fingerprint density at radius 1 is 1.12 bits per heavy atom. The fraction of sp³-hybridized carbons (Fsp3) is 0. The van der Waals surface area contributed by atoms with E-state index in [2.05, 4.69) is 6.07 Å². The first-order valence-electron chi connectivity index (χ1n) is 4.92. The summed E-state index contributed by atoms with van der Waals surface area (Å²) in [6.45, 7) is 0. The molecule has 17 heavy (non-hydrogen) atoms. The van der Waals surface area contributed by atoms with E-state index in [-0.39, 0.29) is 5.82 Å². The Morgan fingerprint density at radius 2 is 1.82 bits per heavy atom. The van der Waals surface area contributed by atoms with Crippen LogP contribution in [0.5, 0.6) is 0 Å². The molecule has 0 radical (unpaired) electrons. The van der Waals surface area contributed by atoms with Crippen molar-refractivity contribution >= 4 is 17.4 Å². The van der Waals surface area contributed by atoms with E-state index in [4.69, 9.17) is 11.0 Å². The number of hydrogen-bond acceptors (Lipinski definition) is 3. The van der Waals surface area contributed by atoms with Crippen LogP contribution in [0, 0.1) is 17.1 Å². The van der Waals surface area contributed by atoms with Crippen LogP contribution in [0.1, 0.15) is 5.56 Å². The van der Waals surface area contributed by atoms with Crippen molar-refractivity contribution in [2.45, 2.75) is 9.79 Å². The Hall–Kier alpha value is -1.99. The van der Waals surface area contributed by atoms with Crippen molar-refractivity contribution in [2.75, 3.05) is 5.73 Å². The van der Waals surface area contributed by atoms with Gasteiger partial charge in [0, 0.05) is 9.79 Å². The maximum atomic E-state index is 12.8. The molecule has 0 spiro atoms. The van der Waals surface area contributed by atoms with Gasteiger partial charge in [-0.3, -0.25) is 0 Å². The average molecular weight is 244 g/mol. The van der Waals surface area contributed by atoms with Crippen LogP contribution in [0.4, 0.5) is 10.1 Å². The second kappa shape index (κ2) is 4.89. The van der Waals surface area contributed by atoms with Gasteiger partial charge in [-0.1, -0.05) is 17.8 Å². The summed E-state index contributed by atoms with van der Waals surface area (Å²) in [5.74, 6) is -0.276. The molecule has 84 valence electrons. The number of nitrogens with zero attached hydrogens (tertiary/aromatic N) is 1. The molecule has 4 heteroatoms. The summed E-state index contributed by atoms with van der Waals surface area (Å²) >= 11 is 1.39. The minimum absolute atomic E-state index is 0.276. The van der Waals surface area contributed by atoms with Gasteiger partial charge < -0.3 is 5.73 Å². The van der Waals surface area contributed by atoms with Crippen molar-refractivity contribution in [1.82, 2.24) is 0 Å². The fourth-order valence-corrected chi connectivity index (χ4v) is 2.32. The third kappa shape index (κ3) is 2.58. The Labute approximate surface area is 103 Å². The van der Waals surface area contributed by atoms with Gasteiger partial charge in [-0.25, -0.2) is 4.39 Å². The summed E-state index contributed by atoms with van der Waals surface area (Å²) in [5.41, 5.74) is 6.63. The van der Waals surface area contributed by atoms with Crippen LogP contribution in [-0.4, -0.2) is 0 Å². The van der Waals surface area contributed by atoms with Gasteiger partial charge in [0.15, 0.2) is 0 Å². The molecule has 0 aliphatic heterocycles. The lowest BCUT2D eigenvalue weighted by molar-refractivity contribution is 0.626. The highest BCUT2D eigenvalue weighted by molar-refractivity contribution is 7.99. The third-order valence-electron chi connectivity index (χ3n) is 2.21. The molecule has 0 atom stereocenters. The third-order valence-corrected chi connectivity index (χ3v) is 3.28. The number of halogens is 1. The largest absolute Gasteiger partial charge is 0.398 e. The SMILES string of the molecule is N#Cc1c(N)cccc1Sc1ccc(F)cc1. The first kappa shape index (κ1) is 11.5. The molecule has 0 saturated carbocycles. The maximum Gasteiger partial charge on any atom is 0.123 e. The standard InChI is InChI=1S/C13H9FN2S/c14-9-4-6-10(7-5-9)17-13-3-1-2-12(16)11(13)8-15/h1-7H,16H2. The Bertz CT molecular complexity index is 573. The summed E-state index contributed by atoms with van der Waals surface area (Å²) in [4.78, 5) is 1.65. The smallest absolute Gasteiger partial charge is 0.123 e. The lowest BCUT2D eigenvalue weighted by Crippen LogP contribution is -1.91. The predicted molar refractivity (Wildman–Crippen MR) is 66.1 cm³/mol. The number of anilines is 1. The van der Waals surface area contributed by atoms with Gasteiger partial charge in [-0.15, -0.1) is 0 Å².